The molecule has 132 valence electrons. The molecule has 0 atom stereocenters. The lowest BCUT2D eigenvalue weighted by Crippen LogP contribution is -2.19. The summed E-state index contributed by atoms with van der Waals surface area (Å²) in [6.07, 6.45) is 4.91. The molecule has 0 bridgehead atoms. The number of carbonyl (C=O) groups is 1. The summed E-state index contributed by atoms with van der Waals surface area (Å²) in [5.74, 6) is 2.10. The molecule has 3 aromatic rings. The summed E-state index contributed by atoms with van der Waals surface area (Å²) in [6, 6.07) is 10.1. The van der Waals surface area contributed by atoms with Crippen molar-refractivity contribution in [3.63, 3.8) is 0 Å². The summed E-state index contributed by atoms with van der Waals surface area (Å²) in [7, 11) is 0. The first-order valence-corrected chi connectivity index (χ1v) is 8.69. The van der Waals surface area contributed by atoms with E-state index in [1.54, 1.807) is 24.3 Å². The van der Waals surface area contributed by atoms with Gasteiger partial charge in [-0.15, -0.1) is 0 Å². The highest BCUT2D eigenvalue weighted by atomic mass is 35.5. The number of pyridine rings is 1. The van der Waals surface area contributed by atoms with Crippen molar-refractivity contribution in [2.45, 2.75) is 25.2 Å². The minimum atomic E-state index is -0.389. The van der Waals surface area contributed by atoms with Crippen molar-refractivity contribution in [1.82, 2.24) is 15.1 Å². The molecule has 1 saturated carbocycles. The second kappa shape index (κ2) is 7.13. The number of nitrogens with one attached hydrogen (secondary N) is 2. The van der Waals surface area contributed by atoms with Crippen molar-refractivity contribution in [1.29, 1.82) is 0 Å². The fourth-order valence-electron chi connectivity index (χ4n) is 2.60. The molecule has 1 aliphatic carbocycles. The summed E-state index contributed by atoms with van der Waals surface area (Å²) < 4.78 is 5.34. The molecule has 2 aromatic heterocycles. The van der Waals surface area contributed by atoms with Gasteiger partial charge in [0.1, 0.15) is 5.82 Å². The molecule has 0 saturated heterocycles. The number of rotatable bonds is 4. The van der Waals surface area contributed by atoms with Gasteiger partial charge in [0, 0.05) is 23.4 Å². The first-order chi connectivity index (χ1) is 12.7. The van der Waals surface area contributed by atoms with E-state index in [0.29, 0.717) is 34.2 Å². The quantitative estimate of drug-likeness (QED) is 0.695. The van der Waals surface area contributed by atoms with Crippen molar-refractivity contribution < 1.29 is 9.32 Å². The molecular weight excluding hydrogens is 354 g/mol. The molecule has 1 aliphatic rings. The zero-order valence-electron chi connectivity index (χ0n) is 13.8. The SMILES string of the molecule is O=C(Nc1ccc(-c2noc(C3CCC3)n2)cc1)Nc1ccc(Cl)cn1. The largest absolute Gasteiger partial charge is 0.339 e. The molecule has 1 fully saturated rings. The van der Waals surface area contributed by atoms with Crippen molar-refractivity contribution >= 4 is 29.1 Å². The Morgan fingerprint density at radius 3 is 2.58 bits per heavy atom. The molecule has 2 amide bonds. The number of hydrogen-bond acceptors (Lipinski definition) is 5. The normalized spacial score (nSPS) is 13.9. The summed E-state index contributed by atoms with van der Waals surface area (Å²) in [5, 5.41) is 9.92. The Bertz CT molecular complexity index is 904. The molecule has 0 radical (unpaired) electrons. The molecule has 4 rings (SSSR count). The minimum Gasteiger partial charge on any atom is -0.339 e. The van der Waals surface area contributed by atoms with Gasteiger partial charge >= 0.3 is 6.03 Å². The number of carbonyl (C=O) groups excluding carboxylic acids is 1. The topological polar surface area (TPSA) is 92.9 Å². The summed E-state index contributed by atoms with van der Waals surface area (Å²) in [6.45, 7) is 0. The fourth-order valence-corrected chi connectivity index (χ4v) is 2.72. The van der Waals surface area contributed by atoms with E-state index < -0.39 is 0 Å². The summed E-state index contributed by atoms with van der Waals surface area (Å²) >= 11 is 5.77. The molecule has 0 aliphatic heterocycles. The highest BCUT2D eigenvalue weighted by molar-refractivity contribution is 6.30. The van der Waals surface area contributed by atoms with E-state index in [1.165, 1.54) is 12.6 Å². The van der Waals surface area contributed by atoms with Gasteiger partial charge in [-0.25, -0.2) is 9.78 Å². The van der Waals surface area contributed by atoms with Gasteiger partial charge in [-0.05, 0) is 49.2 Å². The minimum absolute atomic E-state index is 0.389. The van der Waals surface area contributed by atoms with Gasteiger partial charge < -0.3 is 9.84 Å². The average molecular weight is 370 g/mol. The molecule has 26 heavy (non-hydrogen) atoms. The van der Waals surface area contributed by atoms with Crippen LogP contribution in [0.3, 0.4) is 0 Å². The van der Waals surface area contributed by atoms with E-state index in [2.05, 4.69) is 25.8 Å². The molecule has 2 N–H and O–H groups in total. The van der Waals surface area contributed by atoms with Gasteiger partial charge in [-0.2, -0.15) is 4.98 Å². The Balaban J connectivity index is 1.38. The standard InChI is InChI=1S/C18H16ClN5O2/c19-13-6-9-15(20-10-13)22-18(25)21-14-7-4-11(5-8-14)16-23-17(26-24-16)12-2-1-3-12/h4-10,12H,1-3H2,(H2,20,21,22,25). The van der Waals surface area contributed by atoms with Crippen molar-refractivity contribution in [3.05, 3.63) is 53.5 Å². The van der Waals surface area contributed by atoms with E-state index in [4.69, 9.17) is 16.1 Å². The lowest BCUT2D eigenvalue weighted by molar-refractivity contribution is 0.262. The van der Waals surface area contributed by atoms with E-state index in [1.807, 2.05) is 12.1 Å². The van der Waals surface area contributed by atoms with Crippen LogP contribution in [0.4, 0.5) is 16.3 Å². The van der Waals surface area contributed by atoms with Gasteiger partial charge in [-0.1, -0.05) is 23.2 Å². The van der Waals surface area contributed by atoms with Gasteiger partial charge in [-0.3, -0.25) is 5.32 Å². The Morgan fingerprint density at radius 1 is 1.12 bits per heavy atom. The molecule has 2 heterocycles. The summed E-state index contributed by atoms with van der Waals surface area (Å²) in [4.78, 5) is 20.5. The van der Waals surface area contributed by atoms with Crippen LogP contribution >= 0.6 is 11.6 Å². The lowest BCUT2D eigenvalue weighted by atomic mass is 9.85. The van der Waals surface area contributed by atoms with Crippen LogP contribution in [0.25, 0.3) is 11.4 Å². The van der Waals surface area contributed by atoms with Crippen molar-refractivity contribution in [2.75, 3.05) is 10.6 Å². The zero-order valence-corrected chi connectivity index (χ0v) is 14.5. The van der Waals surface area contributed by atoms with Crippen LogP contribution in [-0.2, 0) is 0 Å². The number of urea groups is 1. The van der Waals surface area contributed by atoms with Crippen LogP contribution in [-0.4, -0.2) is 21.2 Å². The Morgan fingerprint density at radius 2 is 1.92 bits per heavy atom. The van der Waals surface area contributed by atoms with E-state index in [0.717, 1.165) is 18.4 Å². The van der Waals surface area contributed by atoms with Gasteiger partial charge in [0.15, 0.2) is 0 Å². The maximum atomic E-state index is 12.0. The predicted octanol–water partition coefficient (Wildman–Crippen LogP) is 4.70. The molecule has 8 heteroatoms. The van der Waals surface area contributed by atoms with Crippen LogP contribution in [0.2, 0.25) is 5.02 Å². The predicted molar refractivity (Wildman–Crippen MR) is 98.2 cm³/mol. The number of benzene rings is 1. The zero-order chi connectivity index (χ0) is 17.9. The van der Waals surface area contributed by atoms with Gasteiger partial charge in [0.2, 0.25) is 11.7 Å². The van der Waals surface area contributed by atoms with Crippen LogP contribution < -0.4 is 10.6 Å². The van der Waals surface area contributed by atoms with Crippen LogP contribution in [0.5, 0.6) is 0 Å². The molecule has 1 aromatic carbocycles. The number of hydrogen-bond donors (Lipinski definition) is 2. The van der Waals surface area contributed by atoms with Crippen molar-refractivity contribution in [2.24, 2.45) is 0 Å². The monoisotopic (exact) mass is 369 g/mol. The van der Waals surface area contributed by atoms with Gasteiger partial charge in [0.05, 0.1) is 5.02 Å². The maximum absolute atomic E-state index is 12.0. The number of amides is 2. The second-order valence-corrected chi connectivity index (χ2v) is 6.54. The van der Waals surface area contributed by atoms with Crippen molar-refractivity contribution in [3.8, 4) is 11.4 Å². The molecular formula is C18H16ClN5O2. The Hall–Kier alpha value is -2.93. The number of aromatic nitrogens is 3. The number of halogens is 1. The van der Waals surface area contributed by atoms with E-state index in [-0.39, 0.29) is 6.03 Å². The first-order valence-electron chi connectivity index (χ1n) is 8.31. The first kappa shape index (κ1) is 16.5. The van der Waals surface area contributed by atoms with E-state index in [9.17, 15) is 4.79 Å². The highest BCUT2D eigenvalue weighted by Crippen LogP contribution is 2.36. The van der Waals surface area contributed by atoms with Crippen LogP contribution in [0.15, 0.2) is 47.1 Å². The third kappa shape index (κ3) is 3.67. The number of anilines is 2. The molecule has 0 unspecified atom stereocenters. The Kier molecular flexibility index (Phi) is 4.53. The second-order valence-electron chi connectivity index (χ2n) is 6.10. The third-order valence-electron chi connectivity index (χ3n) is 4.27. The lowest BCUT2D eigenvalue weighted by Gasteiger charge is -2.20. The number of nitrogens with zero attached hydrogens (tertiary/aromatic N) is 3. The highest BCUT2D eigenvalue weighted by Gasteiger charge is 2.25. The Labute approximate surface area is 154 Å². The third-order valence-corrected chi connectivity index (χ3v) is 4.49. The van der Waals surface area contributed by atoms with Crippen LogP contribution in [0.1, 0.15) is 31.1 Å². The van der Waals surface area contributed by atoms with Crippen LogP contribution in [0, 0.1) is 0 Å². The molecule has 0 spiro atoms. The molecule has 7 nitrogen and oxygen atoms in total. The maximum Gasteiger partial charge on any atom is 0.324 e. The van der Waals surface area contributed by atoms with E-state index >= 15 is 0 Å². The van der Waals surface area contributed by atoms with Gasteiger partial charge in [0.25, 0.3) is 0 Å². The fraction of sp³-hybridized carbons (Fsp3) is 0.222. The smallest absolute Gasteiger partial charge is 0.324 e. The average Bonchev–Trinajstić information content (AvgIpc) is 3.05. The summed E-state index contributed by atoms with van der Waals surface area (Å²) in [5.41, 5.74) is 1.48.